The van der Waals surface area contributed by atoms with Gasteiger partial charge in [-0.1, -0.05) is 32.9 Å². The third-order valence-corrected chi connectivity index (χ3v) is 3.64. The number of hydrogen-bond acceptors (Lipinski definition) is 3. The van der Waals surface area contributed by atoms with Crippen LogP contribution in [0.1, 0.15) is 27.2 Å². The number of anilines is 2. The average Bonchev–Trinajstić information content (AvgIpc) is 2.43. The van der Waals surface area contributed by atoms with E-state index in [0.717, 1.165) is 17.8 Å². The summed E-state index contributed by atoms with van der Waals surface area (Å²) in [6, 6.07) is 7.99. The zero-order valence-corrected chi connectivity index (χ0v) is 11.9. The Morgan fingerprint density at radius 3 is 2.68 bits per heavy atom. The minimum atomic E-state index is -0.206. The van der Waals surface area contributed by atoms with Crippen molar-refractivity contribution in [3.63, 3.8) is 0 Å². The molecule has 1 heterocycles. The molecular weight excluding hydrogens is 238 g/mol. The lowest BCUT2D eigenvalue weighted by atomic mass is 10.0. The summed E-state index contributed by atoms with van der Waals surface area (Å²) in [6.07, 6.45) is 0.958. The molecule has 1 aliphatic rings. The fourth-order valence-corrected chi connectivity index (χ4v) is 2.40. The number of hydrogen-bond donors (Lipinski definition) is 3. The number of rotatable bonds is 4. The van der Waals surface area contributed by atoms with Gasteiger partial charge in [0.2, 0.25) is 5.91 Å². The van der Waals surface area contributed by atoms with Gasteiger partial charge in [0.1, 0.15) is 6.04 Å². The number of amides is 1. The largest absolute Gasteiger partial charge is 0.381 e. The van der Waals surface area contributed by atoms with E-state index in [4.69, 9.17) is 0 Å². The highest BCUT2D eigenvalue weighted by molar-refractivity contribution is 5.88. The van der Waals surface area contributed by atoms with Crippen LogP contribution in [0.2, 0.25) is 0 Å². The molecule has 0 fully saturated rings. The molecular formula is C15H23N3O. The normalized spacial score (nSPS) is 19.1. The maximum atomic E-state index is 12.3. The Morgan fingerprint density at radius 2 is 2.05 bits per heavy atom. The molecule has 0 aromatic heterocycles. The minimum absolute atomic E-state index is 0.0718. The summed E-state index contributed by atoms with van der Waals surface area (Å²) in [6.45, 7) is 7.00. The number of benzene rings is 1. The van der Waals surface area contributed by atoms with Gasteiger partial charge in [0.05, 0.1) is 11.4 Å². The van der Waals surface area contributed by atoms with E-state index < -0.39 is 0 Å². The molecule has 4 heteroatoms. The number of carbonyl (C=O) groups is 1. The van der Waals surface area contributed by atoms with Crippen LogP contribution in [0.4, 0.5) is 11.4 Å². The predicted molar refractivity (Wildman–Crippen MR) is 79.4 cm³/mol. The van der Waals surface area contributed by atoms with Crippen molar-refractivity contribution < 1.29 is 4.79 Å². The third kappa shape index (κ3) is 3.19. The third-order valence-electron chi connectivity index (χ3n) is 3.64. The maximum Gasteiger partial charge on any atom is 0.244 e. The predicted octanol–water partition coefficient (Wildman–Crippen LogP) is 2.44. The van der Waals surface area contributed by atoms with E-state index in [0.29, 0.717) is 12.5 Å². The Balaban J connectivity index is 1.99. The fourth-order valence-electron chi connectivity index (χ4n) is 2.40. The van der Waals surface area contributed by atoms with E-state index in [9.17, 15) is 4.79 Å². The molecule has 2 unspecified atom stereocenters. The summed E-state index contributed by atoms with van der Waals surface area (Å²) < 4.78 is 0. The van der Waals surface area contributed by atoms with E-state index in [1.807, 2.05) is 24.3 Å². The van der Waals surface area contributed by atoms with Gasteiger partial charge in [-0.15, -0.1) is 0 Å². The van der Waals surface area contributed by atoms with Crippen LogP contribution >= 0.6 is 0 Å². The Bertz CT molecular complexity index is 445. The van der Waals surface area contributed by atoms with Crippen molar-refractivity contribution in [1.29, 1.82) is 0 Å². The maximum absolute atomic E-state index is 12.3. The summed E-state index contributed by atoms with van der Waals surface area (Å²) in [5, 5.41) is 9.71. The molecule has 0 bridgehead atoms. The van der Waals surface area contributed by atoms with Crippen LogP contribution in [0.3, 0.4) is 0 Å². The summed E-state index contributed by atoms with van der Waals surface area (Å²) >= 11 is 0. The van der Waals surface area contributed by atoms with Crippen LogP contribution in [0.25, 0.3) is 0 Å². The first-order chi connectivity index (χ1) is 9.11. The summed E-state index contributed by atoms with van der Waals surface area (Å²) in [4.78, 5) is 12.3. The first kappa shape index (κ1) is 13.7. The molecule has 0 spiro atoms. The zero-order valence-electron chi connectivity index (χ0n) is 11.9. The Kier molecular flexibility index (Phi) is 4.30. The van der Waals surface area contributed by atoms with Crippen molar-refractivity contribution >= 4 is 17.3 Å². The van der Waals surface area contributed by atoms with Crippen LogP contribution in [-0.2, 0) is 4.79 Å². The van der Waals surface area contributed by atoms with Crippen molar-refractivity contribution in [3.8, 4) is 0 Å². The lowest BCUT2D eigenvalue weighted by Gasteiger charge is -2.30. The first-order valence-electron chi connectivity index (χ1n) is 7.01. The van der Waals surface area contributed by atoms with Gasteiger partial charge in [0, 0.05) is 12.6 Å². The van der Waals surface area contributed by atoms with Crippen molar-refractivity contribution in [2.75, 3.05) is 17.2 Å². The SMILES string of the molecule is CCC(NC(=O)C1CNc2ccccc2N1)C(C)C. The smallest absolute Gasteiger partial charge is 0.244 e. The minimum Gasteiger partial charge on any atom is -0.381 e. The first-order valence-corrected chi connectivity index (χ1v) is 7.01. The fraction of sp³-hybridized carbons (Fsp3) is 0.533. The number of para-hydroxylation sites is 2. The molecule has 0 aliphatic carbocycles. The highest BCUT2D eigenvalue weighted by atomic mass is 16.2. The second kappa shape index (κ2) is 5.95. The molecule has 1 aromatic carbocycles. The van der Waals surface area contributed by atoms with Crippen LogP contribution < -0.4 is 16.0 Å². The lowest BCUT2D eigenvalue weighted by Crippen LogP contribution is -2.50. The van der Waals surface area contributed by atoms with E-state index in [-0.39, 0.29) is 18.0 Å². The van der Waals surface area contributed by atoms with Gasteiger partial charge in [0.25, 0.3) is 0 Å². The number of fused-ring (bicyclic) bond motifs is 1. The van der Waals surface area contributed by atoms with Crippen molar-refractivity contribution in [2.24, 2.45) is 5.92 Å². The number of nitrogens with one attached hydrogen (secondary N) is 3. The van der Waals surface area contributed by atoms with E-state index in [1.54, 1.807) is 0 Å². The van der Waals surface area contributed by atoms with Gasteiger partial charge in [-0.05, 0) is 24.5 Å². The van der Waals surface area contributed by atoms with Crippen molar-refractivity contribution in [2.45, 2.75) is 39.3 Å². The van der Waals surface area contributed by atoms with Gasteiger partial charge < -0.3 is 16.0 Å². The topological polar surface area (TPSA) is 53.2 Å². The highest BCUT2D eigenvalue weighted by Gasteiger charge is 2.25. The number of carbonyl (C=O) groups excluding carboxylic acids is 1. The molecule has 3 N–H and O–H groups in total. The van der Waals surface area contributed by atoms with E-state index in [2.05, 4.69) is 36.7 Å². The van der Waals surface area contributed by atoms with Gasteiger partial charge in [-0.3, -0.25) is 4.79 Å². The standard InChI is InChI=1S/C15H23N3O/c1-4-11(10(2)3)18-15(19)14-9-16-12-7-5-6-8-13(12)17-14/h5-8,10-11,14,16-17H,4,9H2,1-3H3,(H,18,19). The van der Waals surface area contributed by atoms with E-state index in [1.165, 1.54) is 0 Å². The Labute approximate surface area is 115 Å². The quantitative estimate of drug-likeness (QED) is 0.780. The highest BCUT2D eigenvalue weighted by Crippen LogP contribution is 2.25. The van der Waals surface area contributed by atoms with Crippen molar-refractivity contribution in [3.05, 3.63) is 24.3 Å². The molecule has 0 saturated heterocycles. The summed E-state index contributed by atoms with van der Waals surface area (Å²) in [5.74, 6) is 0.528. The van der Waals surface area contributed by atoms with Crippen LogP contribution in [0.15, 0.2) is 24.3 Å². The molecule has 2 rings (SSSR count). The average molecular weight is 261 g/mol. The second-order valence-electron chi connectivity index (χ2n) is 5.39. The van der Waals surface area contributed by atoms with Crippen molar-refractivity contribution in [1.82, 2.24) is 5.32 Å². The molecule has 4 nitrogen and oxygen atoms in total. The molecule has 19 heavy (non-hydrogen) atoms. The zero-order chi connectivity index (χ0) is 13.8. The van der Waals surface area contributed by atoms with Gasteiger partial charge in [-0.2, -0.15) is 0 Å². The molecule has 104 valence electrons. The molecule has 0 saturated carbocycles. The van der Waals surface area contributed by atoms with Crippen LogP contribution in [0, 0.1) is 5.92 Å². The molecule has 0 radical (unpaired) electrons. The van der Waals surface area contributed by atoms with Crippen LogP contribution in [-0.4, -0.2) is 24.5 Å². The monoisotopic (exact) mass is 261 g/mol. The van der Waals surface area contributed by atoms with Gasteiger partial charge in [-0.25, -0.2) is 0 Å². The van der Waals surface area contributed by atoms with Gasteiger partial charge >= 0.3 is 0 Å². The Morgan fingerprint density at radius 1 is 1.37 bits per heavy atom. The summed E-state index contributed by atoms with van der Waals surface area (Å²) in [5.41, 5.74) is 2.05. The summed E-state index contributed by atoms with van der Waals surface area (Å²) in [7, 11) is 0. The molecule has 1 aromatic rings. The molecule has 1 aliphatic heterocycles. The van der Waals surface area contributed by atoms with Crippen LogP contribution in [0.5, 0.6) is 0 Å². The van der Waals surface area contributed by atoms with Gasteiger partial charge in [0.15, 0.2) is 0 Å². The lowest BCUT2D eigenvalue weighted by molar-refractivity contribution is -0.122. The Hall–Kier alpha value is -1.71. The second-order valence-corrected chi connectivity index (χ2v) is 5.39. The molecule has 2 atom stereocenters. The molecule has 1 amide bonds. The van der Waals surface area contributed by atoms with E-state index >= 15 is 0 Å².